The van der Waals surface area contributed by atoms with E-state index in [0.29, 0.717) is 19.4 Å². The predicted molar refractivity (Wildman–Crippen MR) is 111 cm³/mol. The van der Waals surface area contributed by atoms with Gasteiger partial charge in [-0.3, -0.25) is 4.79 Å². The normalized spacial score (nSPS) is 22.5. The first-order chi connectivity index (χ1) is 14.8. The van der Waals surface area contributed by atoms with Crippen molar-refractivity contribution in [1.82, 2.24) is 9.80 Å². The van der Waals surface area contributed by atoms with Crippen LogP contribution in [0.3, 0.4) is 0 Å². The van der Waals surface area contributed by atoms with Crippen molar-refractivity contribution in [2.75, 3.05) is 24.5 Å². The van der Waals surface area contributed by atoms with Gasteiger partial charge in [-0.15, -0.1) is 0 Å². The minimum atomic E-state index is -4.51. The Kier molecular flexibility index (Phi) is 6.19. The van der Waals surface area contributed by atoms with Gasteiger partial charge in [0, 0.05) is 19.6 Å². The van der Waals surface area contributed by atoms with Gasteiger partial charge in [0.2, 0.25) is 0 Å². The van der Waals surface area contributed by atoms with Crippen LogP contribution in [-0.2, 0) is 15.7 Å². The number of imide groups is 1. The summed E-state index contributed by atoms with van der Waals surface area (Å²) >= 11 is 0. The van der Waals surface area contributed by atoms with E-state index < -0.39 is 40.9 Å². The number of anilines is 1. The van der Waals surface area contributed by atoms with E-state index in [4.69, 9.17) is 4.74 Å². The van der Waals surface area contributed by atoms with E-state index in [1.54, 1.807) is 27.7 Å². The fourth-order valence-corrected chi connectivity index (χ4v) is 4.29. The minimum Gasteiger partial charge on any atom is -0.444 e. The van der Waals surface area contributed by atoms with Crippen LogP contribution in [0.1, 0.15) is 52.5 Å². The molecule has 0 radical (unpaired) electrons. The molecule has 176 valence electrons. The van der Waals surface area contributed by atoms with Gasteiger partial charge in [-0.25, -0.2) is 14.5 Å². The van der Waals surface area contributed by atoms with Crippen molar-refractivity contribution < 1.29 is 32.3 Å². The molecule has 1 spiro atoms. The molecule has 1 aromatic carbocycles. The number of urea groups is 1. The molecule has 0 N–H and O–H groups in total. The van der Waals surface area contributed by atoms with Crippen molar-refractivity contribution in [1.29, 1.82) is 0 Å². The number of likely N-dealkylation sites (N-methyl/N-ethyl adjacent to an activating group) is 1. The fraction of sp³-hybridized carbons (Fsp3) is 0.591. The van der Waals surface area contributed by atoms with Gasteiger partial charge in [-0.1, -0.05) is 0 Å². The Labute approximate surface area is 185 Å². The lowest BCUT2D eigenvalue weighted by molar-refractivity contribution is -0.137. The second-order valence-electron chi connectivity index (χ2n) is 9.06. The Morgan fingerprint density at radius 1 is 1.06 bits per heavy atom. The van der Waals surface area contributed by atoms with Crippen LogP contribution in [0.25, 0.3) is 0 Å². The van der Waals surface area contributed by atoms with E-state index in [-0.39, 0.29) is 25.2 Å². The number of likely N-dealkylation sites (tertiary alicyclic amines) is 1. The Morgan fingerprint density at radius 3 is 2.22 bits per heavy atom. The summed E-state index contributed by atoms with van der Waals surface area (Å²) in [6.45, 7) is 7.92. The number of carbonyl (C=O) groups is 3. The zero-order valence-corrected chi connectivity index (χ0v) is 18.7. The van der Waals surface area contributed by atoms with Crippen LogP contribution in [0.2, 0.25) is 0 Å². The zero-order chi connectivity index (χ0) is 23.9. The number of benzene rings is 1. The third kappa shape index (κ3) is 4.40. The average Bonchev–Trinajstić information content (AvgIpc) is 2.82. The van der Waals surface area contributed by atoms with Crippen molar-refractivity contribution in [3.05, 3.63) is 29.8 Å². The zero-order valence-electron chi connectivity index (χ0n) is 18.7. The SMILES string of the molecule is CCN1C(=O)N(c2ccc(C(F)(F)F)cc2)C(=O)C12CCCN(C(=O)OC(C)(C)C)CC2. The molecule has 0 aromatic heterocycles. The lowest BCUT2D eigenvalue weighted by Crippen LogP contribution is -2.50. The fourth-order valence-electron chi connectivity index (χ4n) is 4.29. The van der Waals surface area contributed by atoms with Crippen molar-refractivity contribution in [2.45, 2.75) is 64.3 Å². The second-order valence-corrected chi connectivity index (χ2v) is 9.06. The summed E-state index contributed by atoms with van der Waals surface area (Å²) < 4.78 is 44.1. The maximum Gasteiger partial charge on any atom is 0.416 e. The quantitative estimate of drug-likeness (QED) is 0.609. The molecule has 0 saturated carbocycles. The Bertz CT molecular complexity index is 895. The van der Waals surface area contributed by atoms with E-state index >= 15 is 0 Å². The van der Waals surface area contributed by atoms with E-state index in [2.05, 4.69) is 0 Å². The molecule has 2 aliphatic rings. The standard InChI is InChI=1S/C22H28F3N3O4/c1-5-27-18(30)28(16-9-7-15(8-10-16)22(23,24)25)17(29)21(27)11-6-13-26(14-12-21)19(31)32-20(2,3)4/h7-10H,5-6,11-14H2,1-4H3. The van der Waals surface area contributed by atoms with Gasteiger partial charge >= 0.3 is 18.3 Å². The number of ether oxygens (including phenoxy) is 1. The lowest BCUT2D eigenvalue weighted by Gasteiger charge is -2.33. The van der Waals surface area contributed by atoms with E-state index in [0.717, 1.165) is 29.2 Å². The summed E-state index contributed by atoms with van der Waals surface area (Å²) in [5, 5.41) is 0. The van der Waals surface area contributed by atoms with E-state index in [1.807, 2.05) is 0 Å². The van der Waals surface area contributed by atoms with Crippen LogP contribution < -0.4 is 4.90 Å². The van der Waals surface area contributed by atoms with Gasteiger partial charge in [0.05, 0.1) is 11.3 Å². The van der Waals surface area contributed by atoms with Crippen molar-refractivity contribution in [3.63, 3.8) is 0 Å². The highest BCUT2D eigenvalue weighted by atomic mass is 19.4. The summed E-state index contributed by atoms with van der Waals surface area (Å²) in [4.78, 5) is 43.1. The number of hydrogen-bond donors (Lipinski definition) is 0. The molecule has 10 heteroatoms. The molecule has 0 aliphatic carbocycles. The summed E-state index contributed by atoms with van der Waals surface area (Å²) in [5.41, 5.74) is -2.57. The van der Waals surface area contributed by atoms with Gasteiger partial charge in [-0.2, -0.15) is 13.2 Å². The molecule has 0 bridgehead atoms. The molecule has 32 heavy (non-hydrogen) atoms. The summed E-state index contributed by atoms with van der Waals surface area (Å²) in [5.74, 6) is -0.477. The van der Waals surface area contributed by atoms with Crippen LogP contribution >= 0.6 is 0 Å². The van der Waals surface area contributed by atoms with Gasteiger partial charge in [0.1, 0.15) is 11.1 Å². The van der Waals surface area contributed by atoms with Crippen LogP contribution in [0, 0.1) is 0 Å². The Morgan fingerprint density at radius 2 is 1.69 bits per heavy atom. The predicted octanol–water partition coefficient (Wildman–Crippen LogP) is 4.65. The first-order valence-electron chi connectivity index (χ1n) is 10.6. The molecular weight excluding hydrogens is 427 g/mol. The molecule has 3 rings (SSSR count). The average molecular weight is 455 g/mol. The smallest absolute Gasteiger partial charge is 0.416 e. The molecule has 7 nitrogen and oxygen atoms in total. The van der Waals surface area contributed by atoms with Gasteiger partial charge in [0.25, 0.3) is 5.91 Å². The van der Waals surface area contributed by atoms with Crippen molar-refractivity contribution >= 4 is 23.7 Å². The monoisotopic (exact) mass is 455 g/mol. The van der Waals surface area contributed by atoms with Gasteiger partial charge in [0.15, 0.2) is 0 Å². The second kappa shape index (κ2) is 8.29. The molecule has 1 unspecified atom stereocenters. The summed E-state index contributed by atoms with van der Waals surface area (Å²) in [6, 6.07) is 3.41. The number of hydrogen-bond acceptors (Lipinski definition) is 4. The number of amides is 4. The molecule has 2 heterocycles. The molecule has 2 aliphatic heterocycles. The number of halogens is 3. The van der Waals surface area contributed by atoms with Gasteiger partial charge in [-0.05, 0) is 71.2 Å². The first-order valence-corrected chi connectivity index (χ1v) is 10.6. The maximum atomic E-state index is 13.5. The lowest BCUT2D eigenvalue weighted by atomic mass is 9.88. The summed E-state index contributed by atoms with van der Waals surface area (Å²) in [6.07, 6.45) is -3.94. The largest absolute Gasteiger partial charge is 0.444 e. The molecule has 1 aromatic rings. The van der Waals surface area contributed by atoms with Gasteiger partial charge < -0.3 is 14.5 Å². The highest BCUT2D eigenvalue weighted by Crippen LogP contribution is 2.40. The van der Waals surface area contributed by atoms with E-state index in [1.165, 1.54) is 9.80 Å². The highest BCUT2D eigenvalue weighted by molar-refractivity contribution is 6.23. The molecule has 4 amide bonds. The number of carbonyl (C=O) groups excluding carboxylic acids is 3. The number of nitrogens with zero attached hydrogens (tertiary/aromatic N) is 3. The molecule has 2 saturated heterocycles. The number of alkyl halides is 3. The Hall–Kier alpha value is -2.78. The van der Waals surface area contributed by atoms with Crippen molar-refractivity contribution in [3.8, 4) is 0 Å². The highest BCUT2D eigenvalue weighted by Gasteiger charge is 2.57. The molecule has 2 fully saturated rings. The van der Waals surface area contributed by atoms with E-state index in [9.17, 15) is 27.6 Å². The van der Waals surface area contributed by atoms with Crippen LogP contribution in [0.4, 0.5) is 28.4 Å². The Balaban J connectivity index is 1.86. The topological polar surface area (TPSA) is 70.2 Å². The number of rotatable bonds is 2. The third-order valence-electron chi connectivity index (χ3n) is 5.77. The first kappa shape index (κ1) is 23.9. The third-order valence-corrected chi connectivity index (χ3v) is 5.77. The molecule has 1 atom stereocenters. The minimum absolute atomic E-state index is 0.0940. The van der Waals surface area contributed by atoms with Crippen molar-refractivity contribution in [2.24, 2.45) is 0 Å². The molecular formula is C22H28F3N3O4. The maximum absolute atomic E-state index is 13.5. The van der Waals surface area contributed by atoms with Crippen LogP contribution in [0.5, 0.6) is 0 Å². The summed E-state index contributed by atoms with van der Waals surface area (Å²) in [7, 11) is 0. The van der Waals surface area contributed by atoms with Crippen LogP contribution in [-0.4, -0.2) is 58.6 Å². The van der Waals surface area contributed by atoms with Crippen LogP contribution in [0.15, 0.2) is 24.3 Å².